The summed E-state index contributed by atoms with van der Waals surface area (Å²) in [6.45, 7) is 3.06. The van der Waals surface area contributed by atoms with Crippen LogP contribution in [0.5, 0.6) is 11.5 Å². The Hall–Kier alpha value is -2.09. The van der Waals surface area contributed by atoms with Crippen LogP contribution in [0.3, 0.4) is 0 Å². The molecule has 1 aromatic heterocycles. The SMILES string of the molecule is CCOc1ccccc1OCc1nnc2n1CCS(=O)(=O)CC2. The Labute approximate surface area is 135 Å². The maximum Gasteiger partial charge on any atom is 0.171 e. The van der Waals surface area contributed by atoms with Crippen molar-refractivity contribution in [2.45, 2.75) is 26.5 Å². The number of hydrogen-bond acceptors (Lipinski definition) is 6. The van der Waals surface area contributed by atoms with E-state index in [0.717, 1.165) is 0 Å². The molecule has 1 aromatic carbocycles. The molecule has 8 heteroatoms. The van der Waals surface area contributed by atoms with Gasteiger partial charge in [-0.05, 0) is 19.1 Å². The molecule has 0 atom stereocenters. The molecule has 0 unspecified atom stereocenters. The second kappa shape index (κ2) is 6.57. The third kappa shape index (κ3) is 3.64. The first kappa shape index (κ1) is 15.8. The van der Waals surface area contributed by atoms with Crippen LogP contribution in [-0.4, -0.2) is 41.3 Å². The van der Waals surface area contributed by atoms with E-state index in [-0.39, 0.29) is 18.1 Å². The average molecular weight is 337 g/mol. The molecule has 1 aliphatic rings. The number of ether oxygens (including phenoxy) is 2. The molecule has 3 rings (SSSR count). The highest BCUT2D eigenvalue weighted by atomic mass is 32.2. The zero-order chi connectivity index (χ0) is 16.3. The first-order chi connectivity index (χ1) is 11.1. The molecule has 0 spiro atoms. The predicted octanol–water partition coefficient (Wildman–Crippen LogP) is 1.23. The van der Waals surface area contributed by atoms with Gasteiger partial charge in [-0.25, -0.2) is 8.42 Å². The normalized spacial score (nSPS) is 16.4. The lowest BCUT2D eigenvalue weighted by molar-refractivity contribution is 0.259. The van der Waals surface area contributed by atoms with Crippen LogP contribution in [0.1, 0.15) is 18.6 Å². The molecule has 0 amide bonds. The van der Waals surface area contributed by atoms with E-state index in [9.17, 15) is 8.42 Å². The molecule has 1 aliphatic heterocycles. The summed E-state index contributed by atoms with van der Waals surface area (Å²) in [4.78, 5) is 0. The molecule has 0 saturated heterocycles. The van der Waals surface area contributed by atoms with Gasteiger partial charge in [0.2, 0.25) is 0 Å². The summed E-state index contributed by atoms with van der Waals surface area (Å²) in [7, 11) is -3.00. The van der Waals surface area contributed by atoms with Crippen LogP contribution in [0.15, 0.2) is 24.3 Å². The number of benzene rings is 1. The van der Waals surface area contributed by atoms with Crippen LogP contribution in [-0.2, 0) is 29.4 Å². The molecule has 2 aromatic rings. The van der Waals surface area contributed by atoms with E-state index in [4.69, 9.17) is 9.47 Å². The second-order valence-corrected chi connectivity index (χ2v) is 7.56. The average Bonchev–Trinajstić information content (AvgIpc) is 2.85. The molecular formula is C15H19N3O4S. The molecule has 0 saturated carbocycles. The Kier molecular flexibility index (Phi) is 4.51. The summed E-state index contributed by atoms with van der Waals surface area (Å²) in [6.07, 6.45) is 0.394. The zero-order valence-electron chi connectivity index (χ0n) is 12.9. The van der Waals surface area contributed by atoms with E-state index in [1.165, 1.54) is 0 Å². The van der Waals surface area contributed by atoms with E-state index in [0.29, 0.717) is 42.7 Å². The smallest absolute Gasteiger partial charge is 0.171 e. The van der Waals surface area contributed by atoms with Crippen molar-refractivity contribution in [3.63, 3.8) is 0 Å². The number of aryl methyl sites for hydroxylation is 1. The largest absolute Gasteiger partial charge is 0.490 e. The molecule has 23 heavy (non-hydrogen) atoms. The molecule has 2 heterocycles. The maximum absolute atomic E-state index is 11.7. The van der Waals surface area contributed by atoms with Gasteiger partial charge in [0.25, 0.3) is 0 Å². The summed E-state index contributed by atoms with van der Waals surface area (Å²) in [5.74, 6) is 2.87. The number of sulfone groups is 1. The van der Waals surface area contributed by atoms with Crippen molar-refractivity contribution < 1.29 is 17.9 Å². The number of para-hydroxylation sites is 2. The topological polar surface area (TPSA) is 83.3 Å². The van der Waals surface area contributed by atoms with Crippen LogP contribution in [0.25, 0.3) is 0 Å². The van der Waals surface area contributed by atoms with Crippen molar-refractivity contribution in [1.82, 2.24) is 14.8 Å². The monoisotopic (exact) mass is 337 g/mol. The minimum Gasteiger partial charge on any atom is -0.490 e. The van der Waals surface area contributed by atoms with Crippen molar-refractivity contribution in [3.8, 4) is 11.5 Å². The minimum atomic E-state index is -3.00. The lowest BCUT2D eigenvalue weighted by Crippen LogP contribution is -2.14. The Morgan fingerprint density at radius 2 is 1.87 bits per heavy atom. The Bertz CT molecular complexity index is 786. The highest BCUT2D eigenvalue weighted by Crippen LogP contribution is 2.27. The van der Waals surface area contributed by atoms with Crippen molar-refractivity contribution >= 4 is 9.84 Å². The Morgan fingerprint density at radius 1 is 1.13 bits per heavy atom. The number of fused-ring (bicyclic) bond motifs is 1. The summed E-state index contributed by atoms with van der Waals surface area (Å²) in [6, 6.07) is 7.42. The van der Waals surface area contributed by atoms with Crippen molar-refractivity contribution in [2.24, 2.45) is 0 Å². The molecular weight excluding hydrogens is 318 g/mol. The number of nitrogens with zero attached hydrogens (tertiary/aromatic N) is 3. The highest BCUT2D eigenvalue weighted by Gasteiger charge is 2.22. The first-order valence-corrected chi connectivity index (χ1v) is 9.37. The van der Waals surface area contributed by atoms with Crippen LogP contribution >= 0.6 is 0 Å². The van der Waals surface area contributed by atoms with Crippen LogP contribution in [0.2, 0.25) is 0 Å². The fourth-order valence-electron chi connectivity index (χ4n) is 2.49. The van der Waals surface area contributed by atoms with Crippen LogP contribution in [0, 0.1) is 0 Å². The van der Waals surface area contributed by atoms with E-state index < -0.39 is 9.84 Å². The van der Waals surface area contributed by atoms with Crippen molar-refractivity contribution in [2.75, 3.05) is 18.1 Å². The van der Waals surface area contributed by atoms with Gasteiger partial charge in [0.15, 0.2) is 27.2 Å². The number of rotatable bonds is 5. The minimum absolute atomic E-state index is 0.112. The number of aromatic nitrogens is 3. The van der Waals surface area contributed by atoms with Crippen molar-refractivity contribution in [1.29, 1.82) is 0 Å². The summed E-state index contributed by atoms with van der Waals surface area (Å²) in [5.41, 5.74) is 0. The maximum atomic E-state index is 11.7. The van der Waals surface area contributed by atoms with Gasteiger partial charge in [0.05, 0.1) is 18.1 Å². The van der Waals surface area contributed by atoms with Crippen LogP contribution < -0.4 is 9.47 Å². The van der Waals surface area contributed by atoms with E-state index in [1.807, 2.05) is 35.8 Å². The highest BCUT2D eigenvalue weighted by molar-refractivity contribution is 7.91. The fraction of sp³-hybridized carbons (Fsp3) is 0.467. The third-order valence-corrected chi connectivity index (χ3v) is 5.30. The first-order valence-electron chi connectivity index (χ1n) is 7.55. The van der Waals surface area contributed by atoms with Gasteiger partial charge in [-0.15, -0.1) is 10.2 Å². The summed E-state index contributed by atoms with van der Waals surface area (Å²) >= 11 is 0. The standard InChI is InChI=1S/C15H19N3O4S/c1-2-21-12-5-3-4-6-13(12)22-11-15-17-16-14-7-9-23(19,20)10-8-18(14)15/h3-6H,2,7-11H2,1H3. The second-order valence-electron chi connectivity index (χ2n) is 5.25. The van der Waals surface area contributed by atoms with Gasteiger partial charge in [-0.2, -0.15) is 0 Å². The summed E-state index contributed by atoms with van der Waals surface area (Å²) < 4.78 is 36.6. The van der Waals surface area contributed by atoms with Crippen molar-refractivity contribution in [3.05, 3.63) is 35.9 Å². The van der Waals surface area contributed by atoms with Crippen LogP contribution in [0.4, 0.5) is 0 Å². The van der Waals surface area contributed by atoms with E-state index in [1.54, 1.807) is 0 Å². The molecule has 0 N–H and O–H groups in total. The van der Waals surface area contributed by atoms with Gasteiger partial charge in [-0.3, -0.25) is 0 Å². The predicted molar refractivity (Wildman–Crippen MR) is 84.3 cm³/mol. The molecule has 0 aliphatic carbocycles. The van der Waals surface area contributed by atoms with Gasteiger partial charge >= 0.3 is 0 Å². The third-order valence-electron chi connectivity index (χ3n) is 3.67. The molecule has 124 valence electrons. The molecule has 0 fully saturated rings. The molecule has 0 bridgehead atoms. The molecule has 0 radical (unpaired) electrons. The van der Waals surface area contributed by atoms with Gasteiger partial charge in [0.1, 0.15) is 12.4 Å². The Balaban J connectivity index is 1.75. The number of hydrogen-bond donors (Lipinski definition) is 0. The lowest BCUT2D eigenvalue weighted by atomic mass is 10.3. The fourth-order valence-corrected chi connectivity index (χ4v) is 3.65. The Morgan fingerprint density at radius 3 is 2.61 bits per heavy atom. The van der Waals surface area contributed by atoms with E-state index in [2.05, 4.69) is 10.2 Å². The van der Waals surface area contributed by atoms with E-state index >= 15 is 0 Å². The van der Waals surface area contributed by atoms with Gasteiger partial charge in [-0.1, -0.05) is 12.1 Å². The lowest BCUT2D eigenvalue weighted by Gasteiger charge is -2.12. The van der Waals surface area contributed by atoms with Gasteiger partial charge < -0.3 is 14.0 Å². The molecule has 7 nitrogen and oxygen atoms in total. The zero-order valence-corrected chi connectivity index (χ0v) is 13.8. The summed E-state index contributed by atoms with van der Waals surface area (Å²) in [5, 5.41) is 8.22. The quantitative estimate of drug-likeness (QED) is 0.816. The van der Waals surface area contributed by atoms with Gasteiger partial charge in [0, 0.05) is 13.0 Å².